The van der Waals surface area contributed by atoms with E-state index in [-0.39, 0.29) is 11.3 Å². The van der Waals surface area contributed by atoms with Crippen molar-refractivity contribution in [2.75, 3.05) is 5.73 Å². The van der Waals surface area contributed by atoms with Crippen LogP contribution < -0.4 is 11.4 Å². The number of fused-ring (bicyclic) bond motifs is 3. The van der Waals surface area contributed by atoms with Gasteiger partial charge in [-0.1, -0.05) is 29.8 Å². The molecule has 0 amide bonds. The second kappa shape index (κ2) is 5.83. The van der Waals surface area contributed by atoms with Crippen molar-refractivity contribution in [2.24, 2.45) is 0 Å². The zero-order valence-corrected chi connectivity index (χ0v) is 15.6. The number of hydrogen-bond acceptors (Lipinski definition) is 5. The molecule has 25 heavy (non-hydrogen) atoms. The van der Waals surface area contributed by atoms with Crippen molar-refractivity contribution >= 4 is 39.0 Å². The van der Waals surface area contributed by atoms with Crippen LogP contribution in [0.2, 0.25) is 5.02 Å². The van der Waals surface area contributed by atoms with E-state index in [0.29, 0.717) is 24.0 Å². The first-order chi connectivity index (χ1) is 11.9. The van der Waals surface area contributed by atoms with Gasteiger partial charge in [0.1, 0.15) is 10.6 Å². The number of nitrogen functional groups attached to an aromatic ring is 1. The molecule has 0 saturated heterocycles. The minimum Gasteiger partial charge on any atom is -0.383 e. The number of anilines is 1. The first-order valence-electron chi connectivity index (χ1n) is 8.04. The van der Waals surface area contributed by atoms with Gasteiger partial charge in [-0.3, -0.25) is 4.57 Å². The molecule has 0 aliphatic carbocycles. The molecule has 1 aromatic carbocycles. The number of ether oxygens (including phenoxy) is 1. The standard InChI is InChI=1S/C18H18ClN3O2S/c1-18(2)7-11-13(9-24-18)25-16-14(11)15(20)21-17(23)22(16)8-10-5-3-4-6-12(10)19/h3-6H,7-9H2,1-2H3,(H2,20,21,23). The molecule has 7 heteroatoms. The summed E-state index contributed by atoms with van der Waals surface area (Å²) in [4.78, 5) is 18.5. The Morgan fingerprint density at radius 3 is 2.92 bits per heavy atom. The van der Waals surface area contributed by atoms with Gasteiger partial charge in [0.2, 0.25) is 0 Å². The summed E-state index contributed by atoms with van der Waals surface area (Å²) < 4.78 is 7.57. The van der Waals surface area contributed by atoms with Gasteiger partial charge >= 0.3 is 5.69 Å². The summed E-state index contributed by atoms with van der Waals surface area (Å²) >= 11 is 7.83. The third-order valence-corrected chi connectivity index (χ3v) is 6.10. The molecule has 0 atom stereocenters. The van der Waals surface area contributed by atoms with E-state index in [1.807, 2.05) is 24.3 Å². The maximum absolute atomic E-state index is 12.5. The fourth-order valence-electron chi connectivity index (χ4n) is 3.24. The second-order valence-corrected chi connectivity index (χ2v) is 8.36. The van der Waals surface area contributed by atoms with E-state index in [4.69, 9.17) is 22.1 Å². The molecule has 3 heterocycles. The number of hydrogen-bond donors (Lipinski definition) is 1. The lowest BCUT2D eigenvalue weighted by Gasteiger charge is -2.30. The molecule has 130 valence electrons. The quantitative estimate of drug-likeness (QED) is 0.743. The molecule has 0 bridgehead atoms. The first kappa shape index (κ1) is 16.6. The van der Waals surface area contributed by atoms with E-state index < -0.39 is 0 Å². The summed E-state index contributed by atoms with van der Waals surface area (Å²) in [7, 11) is 0. The Labute approximate surface area is 154 Å². The lowest BCUT2D eigenvalue weighted by Crippen LogP contribution is -2.31. The van der Waals surface area contributed by atoms with Crippen LogP contribution in [-0.4, -0.2) is 15.2 Å². The molecular formula is C18H18ClN3O2S. The maximum Gasteiger partial charge on any atom is 0.350 e. The van der Waals surface area contributed by atoms with E-state index in [1.165, 1.54) is 0 Å². The highest BCUT2D eigenvalue weighted by molar-refractivity contribution is 7.19. The van der Waals surface area contributed by atoms with Crippen molar-refractivity contribution in [1.29, 1.82) is 0 Å². The van der Waals surface area contributed by atoms with Gasteiger partial charge in [0, 0.05) is 16.3 Å². The van der Waals surface area contributed by atoms with Gasteiger partial charge < -0.3 is 10.5 Å². The van der Waals surface area contributed by atoms with E-state index in [0.717, 1.165) is 32.6 Å². The molecule has 4 rings (SSSR count). The number of thiophene rings is 1. The predicted molar refractivity (Wildman–Crippen MR) is 101 cm³/mol. The number of rotatable bonds is 2. The summed E-state index contributed by atoms with van der Waals surface area (Å²) in [6.07, 6.45) is 0.749. The predicted octanol–water partition coefficient (Wildman–Crippen LogP) is 3.59. The van der Waals surface area contributed by atoms with E-state index in [1.54, 1.807) is 15.9 Å². The normalized spacial score (nSPS) is 16.1. The summed E-state index contributed by atoms with van der Waals surface area (Å²) in [5, 5.41) is 1.51. The van der Waals surface area contributed by atoms with Gasteiger partial charge in [-0.05, 0) is 31.0 Å². The monoisotopic (exact) mass is 375 g/mol. The largest absolute Gasteiger partial charge is 0.383 e. The molecule has 0 unspecified atom stereocenters. The Balaban J connectivity index is 1.93. The highest BCUT2D eigenvalue weighted by Gasteiger charge is 2.31. The van der Waals surface area contributed by atoms with Crippen LogP contribution in [0.5, 0.6) is 0 Å². The highest BCUT2D eigenvalue weighted by Crippen LogP contribution is 2.40. The average molecular weight is 376 g/mol. The lowest BCUT2D eigenvalue weighted by atomic mass is 9.94. The molecule has 5 nitrogen and oxygen atoms in total. The third-order valence-electron chi connectivity index (χ3n) is 4.50. The van der Waals surface area contributed by atoms with Crippen molar-refractivity contribution in [3.05, 3.63) is 55.8 Å². The van der Waals surface area contributed by atoms with Crippen molar-refractivity contribution in [3.8, 4) is 0 Å². The zero-order chi connectivity index (χ0) is 17.8. The Morgan fingerprint density at radius 1 is 1.40 bits per heavy atom. The van der Waals surface area contributed by atoms with E-state index in [2.05, 4.69) is 18.8 Å². The Morgan fingerprint density at radius 2 is 2.16 bits per heavy atom. The summed E-state index contributed by atoms with van der Waals surface area (Å²) in [6, 6.07) is 7.51. The molecule has 1 aliphatic rings. The van der Waals surface area contributed by atoms with Gasteiger partial charge in [0.25, 0.3) is 0 Å². The SMILES string of the molecule is CC1(C)Cc2c(sc3c2c(N)nc(=O)n3Cc2ccccc2Cl)CO1. The number of aromatic nitrogens is 2. The van der Waals surface area contributed by atoms with Gasteiger partial charge in [0.05, 0.1) is 24.1 Å². The number of halogens is 1. The minimum atomic E-state index is -0.358. The van der Waals surface area contributed by atoms with Crippen molar-refractivity contribution in [1.82, 2.24) is 9.55 Å². The van der Waals surface area contributed by atoms with Crippen LogP contribution >= 0.6 is 22.9 Å². The molecule has 0 fully saturated rings. The average Bonchev–Trinajstić information content (AvgIpc) is 2.90. The first-order valence-corrected chi connectivity index (χ1v) is 9.23. The van der Waals surface area contributed by atoms with E-state index >= 15 is 0 Å². The molecular weight excluding hydrogens is 358 g/mol. The van der Waals surface area contributed by atoms with Crippen LogP contribution in [0.3, 0.4) is 0 Å². The lowest BCUT2D eigenvalue weighted by molar-refractivity contribution is -0.0379. The molecule has 0 saturated carbocycles. The molecule has 1 aliphatic heterocycles. The van der Waals surface area contributed by atoms with Crippen LogP contribution in [0, 0.1) is 0 Å². The third kappa shape index (κ3) is 2.84. The molecule has 0 radical (unpaired) electrons. The van der Waals surface area contributed by atoms with Crippen LogP contribution in [0.25, 0.3) is 10.2 Å². The van der Waals surface area contributed by atoms with Gasteiger partial charge in [0.15, 0.2) is 0 Å². The van der Waals surface area contributed by atoms with Gasteiger partial charge in [-0.25, -0.2) is 4.79 Å². The number of nitrogens with zero attached hydrogens (tertiary/aromatic N) is 2. The summed E-state index contributed by atoms with van der Waals surface area (Å²) in [5.74, 6) is 0.297. The Bertz CT molecular complexity index is 1040. The Hall–Kier alpha value is -1.89. The summed E-state index contributed by atoms with van der Waals surface area (Å²) in [5.41, 5.74) is 7.54. The highest BCUT2D eigenvalue weighted by atomic mass is 35.5. The number of benzene rings is 1. The Kier molecular flexibility index (Phi) is 3.86. The maximum atomic E-state index is 12.5. The van der Waals surface area contributed by atoms with Crippen molar-refractivity contribution in [3.63, 3.8) is 0 Å². The van der Waals surface area contributed by atoms with Gasteiger partial charge in [-0.15, -0.1) is 11.3 Å². The zero-order valence-electron chi connectivity index (χ0n) is 14.0. The molecule has 0 spiro atoms. The van der Waals surface area contributed by atoms with Crippen LogP contribution in [0.4, 0.5) is 5.82 Å². The molecule has 2 N–H and O–H groups in total. The smallest absolute Gasteiger partial charge is 0.350 e. The van der Waals surface area contributed by atoms with Crippen molar-refractivity contribution < 1.29 is 4.74 Å². The molecule has 2 aromatic heterocycles. The second-order valence-electron chi connectivity index (χ2n) is 6.87. The van der Waals surface area contributed by atoms with Crippen LogP contribution in [0.1, 0.15) is 29.9 Å². The fraction of sp³-hybridized carbons (Fsp3) is 0.333. The van der Waals surface area contributed by atoms with Gasteiger partial charge in [-0.2, -0.15) is 4.98 Å². The summed E-state index contributed by atoms with van der Waals surface area (Å²) in [6.45, 7) is 5.01. The van der Waals surface area contributed by atoms with Crippen LogP contribution in [-0.2, 0) is 24.3 Å². The van der Waals surface area contributed by atoms with Crippen LogP contribution in [0.15, 0.2) is 29.1 Å². The van der Waals surface area contributed by atoms with E-state index in [9.17, 15) is 4.79 Å². The fourth-order valence-corrected chi connectivity index (χ4v) is 4.66. The molecule has 3 aromatic rings. The number of nitrogens with two attached hydrogens (primary N) is 1. The van der Waals surface area contributed by atoms with Crippen molar-refractivity contribution in [2.45, 2.75) is 39.0 Å². The topological polar surface area (TPSA) is 70.1 Å². The minimum absolute atomic E-state index is 0.253.